The number of nitrogens with one attached hydrogen (secondary N) is 2. The molecule has 0 aliphatic carbocycles. The first-order valence-electron chi connectivity index (χ1n) is 6.42. The number of ether oxygens (including phenoxy) is 1. The number of benzene rings is 1. The molecule has 0 heterocycles. The van der Waals surface area contributed by atoms with Crippen molar-refractivity contribution in [3.05, 3.63) is 27.7 Å². The van der Waals surface area contributed by atoms with E-state index in [9.17, 15) is 9.90 Å². The second-order valence-corrected chi connectivity index (χ2v) is 5.50. The molecule has 0 radical (unpaired) electrons. The summed E-state index contributed by atoms with van der Waals surface area (Å²) < 4.78 is 5.86. The van der Waals surface area contributed by atoms with Crippen molar-refractivity contribution in [1.29, 1.82) is 0 Å². The number of anilines is 1. The minimum atomic E-state index is -0.558. The van der Waals surface area contributed by atoms with Crippen molar-refractivity contribution in [1.82, 2.24) is 5.32 Å². The number of methoxy groups -OCH3 is 1. The fourth-order valence-electron chi connectivity index (χ4n) is 1.82. The van der Waals surface area contributed by atoms with Crippen LogP contribution in [0.3, 0.4) is 0 Å². The molecule has 0 saturated heterocycles. The van der Waals surface area contributed by atoms with Crippen molar-refractivity contribution in [2.75, 3.05) is 25.6 Å². The maximum atomic E-state index is 11.7. The molecule has 0 aliphatic heterocycles. The summed E-state index contributed by atoms with van der Waals surface area (Å²) in [5, 5.41) is 14.9. The molecule has 0 saturated carbocycles. The van der Waals surface area contributed by atoms with Crippen LogP contribution in [0.5, 0.6) is 0 Å². The monoisotopic (exact) mass is 344 g/mol. The zero-order valence-corrected chi connectivity index (χ0v) is 13.6. The first kappa shape index (κ1) is 16.9. The number of carbonyl (C=O) groups is 1. The smallest absolute Gasteiger partial charge is 0.319 e. The lowest BCUT2D eigenvalue weighted by molar-refractivity contribution is 0.0599. The Kier molecular flexibility index (Phi) is 6.98. The van der Waals surface area contributed by atoms with Crippen LogP contribution in [0, 0.1) is 13.8 Å². The number of hydrogen-bond acceptors (Lipinski definition) is 3. The SMILES string of the molecule is COC[C@H](O)CCNC(=O)Nc1cc(C)c(Br)c(C)c1. The highest BCUT2D eigenvalue weighted by molar-refractivity contribution is 9.10. The van der Waals surface area contributed by atoms with Crippen molar-refractivity contribution in [3.63, 3.8) is 0 Å². The van der Waals surface area contributed by atoms with E-state index < -0.39 is 6.10 Å². The second-order valence-electron chi connectivity index (χ2n) is 4.70. The molecule has 0 fully saturated rings. The number of hydrogen-bond donors (Lipinski definition) is 3. The average Bonchev–Trinajstić information content (AvgIpc) is 2.36. The van der Waals surface area contributed by atoms with Gasteiger partial charge in [0.2, 0.25) is 0 Å². The van der Waals surface area contributed by atoms with Crippen molar-refractivity contribution < 1.29 is 14.6 Å². The quantitative estimate of drug-likeness (QED) is 0.742. The van der Waals surface area contributed by atoms with Gasteiger partial charge in [-0.2, -0.15) is 0 Å². The Hall–Kier alpha value is -1.11. The van der Waals surface area contributed by atoms with E-state index in [2.05, 4.69) is 26.6 Å². The average molecular weight is 345 g/mol. The molecule has 1 aromatic rings. The number of aryl methyl sites for hydroxylation is 2. The zero-order valence-electron chi connectivity index (χ0n) is 12.0. The van der Waals surface area contributed by atoms with Crippen molar-refractivity contribution in [2.24, 2.45) is 0 Å². The summed E-state index contributed by atoms with van der Waals surface area (Å²) in [6, 6.07) is 3.52. The van der Waals surface area contributed by atoms with E-state index in [1.807, 2.05) is 26.0 Å². The summed E-state index contributed by atoms with van der Waals surface area (Å²) in [7, 11) is 1.53. The number of carbonyl (C=O) groups excluding carboxylic acids is 1. The number of urea groups is 1. The van der Waals surface area contributed by atoms with Crippen LogP contribution < -0.4 is 10.6 Å². The van der Waals surface area contributed by atoms with Gasteiger partial charge in [0.05, 0.1) is 12.7 Å². The van der Waals surface area contributed by atoms with Gasteiger partial charge < -0.3 is 20.5 Å². The Morgan fingerprint density at radius 2 is 2.00 bits per heavy atom. The van der Waals surface area contributed by atoms with Gasteiger partial charge in [-0.3, -0.25) is 0 Å². The van der Waals surface area contributed by atoms with Crippen LogP contribution in [0.4, 0.5) is 10.5 Å². The maximum absolute atomic E-state index is 11.7. The standard InChI is InChI=1S/C14H21BrN2O3/c1-9-6-11(7-10(2)13(9)15)17-14(19)16-5-4-12(18)8-20-3/h6-7,12,18H,4-5,8H2,1-3H3,(H2,16,17,19)/t12-/m1/s1. The number of halogens is 1. The topological polar surface area (TPSA) is 70.6 Å². The molecule has 3 N–H and O–H groups in total. The molecular formula is C14H21BrN2O3. The highest BCUT2D eigenvalue weighted by atomic mass is 79.9. The summed E-state index contributed by atoms with van der Waals surface area (Å²) in [5.74, 6) is 0. The molecule has 1 aromatic carbocycles. The van der Waals surface area contributed by atoms with Gasteiger partial charge in [0, 0.05) is 23.8 Å². The van der Waals surface area contributed by atoms with E-state index in [0.717, 1.165) is 21.3 Å². The molecule has 0 aromatic heterocycles. The molecule has 0 aliphatic rings. The van der Waals surface area contributed by atoms with E-state index in [1.165, 1.54) is 7.11 Å². The van der Waals surface area contributed by atoms with Crippen LogP contribution in [-0.4, -0.2) is 37.5 Å². The second kappa shape index (κ2) is 8.24. The number of rotatable bonds is 6. The van der Waals surface area contributed by atoms with Gasteiger partial charge in [0.1, 0.15) is 0 Å². The van der Waals surface area contributed by atoms with Crippen molar-refractivity contribution in [2.45, 2.75) is 26.4 Å². The summed E-state index contributed by atoms with van der Waals surface area (Å²) in [4.78, 5) is 11.7. The first-order valence-corrected chi connectivity index (χ1v) is 7.22. The first-order chi connectivity index (χ1) is 9.43. The molecule has 112 valence electrons. The molecule has 0 unspecified atom stereocenters. The van der Waals surface area contributed by atoms with E-state index >= 15 is 0 Å². The summed E-state index contributed by atoms with van der Waals surface area (Å²) in [6.45, 7) is 4.61. The Morgan fingerprint density at radius 1 is 1.40 bits per heavy atom. The molecular weight excluding hydrogens is 324 g/mol. The van der Waals surface area contributed by atoms with Gasteiger partial charge in [-0.05, 0) is 43.5 Å². The van der Waals surface area contributed by atoms with Crippen LogP contribution in [0.2, 0.25) is 0 Å². The van der Waals surface area contributed by atoms with Crippen LogP contribution in [0.1, 0.15) is 17.5 Å². The van der Waals surface area contributed by atoms with Gasteiger partial charge in [-0.1, -0.05) is 15.9 Å². The lowest BCUT2D eigenvalue weighted by Crippen LogP contribution is -2.32. The van der Waals surface area contributed by atoms with Gasteiger partial charge in [-0.15, -0.1) is 0 Å². The Labute approximate surface area is 127 Å². The highest BCUT2D eigenvalue weighted by Crippen LogP contribution is 2.24. The third-order valence-corrected chi connectivity index (χ3v) is 4.07. The highest BCUT2D eigenvalue weighted by Gasteiger charge is 2.07. The van der Waals surface area contributed by atoms with E-state index in [-0.39, 0.29) is 12.6 Å². The molecule has 2 amide bonds. The molecule has 5 nitrogen and oxygen atoms in total. The van der Waals surface area contributed by atoms with Crippen molar-refractivity contribution >= 4 is 27.6 Å². The molecule has 1 rings (SSSR count). The maximum Gasteiger partial charge on any atom is 0.319 e. The predicted octanol–water partition coefficient (Wildman–Crippen LogP) is 2.58. The molecule has 20 heavy (non-hydrogen) atoms. The fraction of sp³-hybridized carbons (Fsp3) is 0.500. The lowest BCUT2D eigenvalue weighted by atomic mass is 10.1. The minimum Gasteiger partial charge on any atom is -0.391 e. The summed E-state index contributed by atoms with van der Waals surface area (Å²) >= 11 is 3.48. The summed E-state index contributed by atoms with van der Waals surface area (Å²) in [5.41, 5.74) is 2.88. The zero-order chi connectivity index (χ0) is 15.1. The van der Waals surface area contributed by atoms with Gasteiger partial charge in [-0.25, -0.2) is 4.79 Å². The normalized spacial score (nSPS) is 12.1. The number of aliphatic hydroxyl groups is 1. The fourth-order valence-corrected chi connectivity index (χ4v) is 2.05. The molecule has 0 spiro atoms. The Bertz CT molecular complexity index is 443. The van der Waals surface area contributed by atoms with E-state index in [4.69, 9.17) is 4.74 Å². The molecule has 6 heteroatoms. The van der Waals surface area contributed by atoms with Crippen LogP contribution in [0.25, 0.3) is 0 Å². The third-order valence-electron chi connectivity index (χ3n) is 2.82. The Morgan fingerprint density at radius 3 is 2.55 bits per heavy atom. The number of amides is 2. The van der Waals surface area contributed by atoms with E-state index in [0.29, 0.717) is 13.0 Å². The van der Waals surface area contributed by atoms with Gasteiger partial charge in [0.15, 0.2) is 0 Å². The molecule has 1 atom stereocenters. The predicted molar refractivity (Wildman–Crippen MR) is 83.1 cm³/mol. The largest absolute Gasteiger partial charge is 0.391 e. The van der Waals surface area contributed by atoms with Crippen LogP contribution >= 0.6 is 15.9 Å². The third kappa shape index (κ3) is 5.48. The number of aliphatic hydroxyl groups excluding tert-OH is 1. The Balaban J connectivity index is 2.43. The van der Waals surface area contributed by atoms with Gasteiger partial charge in [0.25, 0.3) is 0 Å². The minimum absolute atomic E-state index is 0.272. The van der Waals surface area contributed by atoms with E-state index in [1.54, 1.807) is 0 Å². The van der Waals surface area contributed by atoms with Crippen molar-refractivity contribution in [3.8, 4) is 0 Å². The lowest BCUT2D eigenvalue weighted by Gasteiger charge is -2.12. The van der Waals surface area contributed by atoms with Crippen LogP contribution in [0.15, 0.2) is 16.6 Å². The molecule has 0 bridgehead atoms. The van der Waals surface area contributed by atoms with Gasteiger partial charge >= 0.3 is 6.03 Å². The van der Waals surface area contributed by atoms with Crippen LogP contribution in [-0.2, 0) is 4.74 Å². The summed E-state index contributed by atoms with van der Waals surface area (Å²) in [6.07, 6.45) is -0.0999.